The van der Waals surface area contributed by atoms with Crippen molar-refractivity contribution in [3.8, 4) is 0 Å². The Morgan fingerprint density at radius 2 is 0.915 bits per heavy atom. The predicted molar refractivity (Wildman–Crippen MR) is 284 cm³/mol. The van der Waals surface area contributed by atoms with E-state index >= 15 is 0 Å². The summed E-state index contributed by atoms with van der Waals surface area (Å²) in [5.41, 5.74) is 0. The Morgan fingerprint density at radius 1 is 0.479 bits per heavy atom. The van der Waals surface area contributed by atoms with E-state index in [4.69, 9.17) is 23.7 Å². The molecule has 12 heteroatoms. The first-order valence-corrected chi connectivity index (χ1v) is 27.6. The number of hydrogen-bond donors (Lipinski definition) is 3. The Morgan fingerprint density at radius 3 is 1.41 bits per heavy atom. The van der Waals surface area contributed by atoms with Crippen molar-refractivity contribution in [3.05, 3.63) is 85.1 Å². The summed E-state index contributed by atoms with van der Waals surface area (Å²) in [6.07, 6.45) is 47.2. The van der Waals surface area contributed by atoms with Gasteiger partial charge in [0.2, 0.25) is 0 Å². The summed E-state index contributed by atoms with van der Waals surface area (Å²) in [7, 11) is 0. The molecule has 0 saturated carbocycles. The van der Waals surface area contributed by atoms with Crippen LogP contribution >= 0.6 is 0 Å². The Kier molecular flexibility index (Phi) is 42.9. The summed E-state index contributed by atoms with van der Waals surface area (Å²) >= 11 is 0. The second kappa shape index (κ2) is 46.9. The molecule has 1 aliphatic rings. The normalized spacial score (nSPS) is 19.1. The Labute approximate surface area is 429 Å². The highest BCUT2D eigenvalue weighted by Gasteiger charge is 2.50. The first-order valence-electron chi connectivity index (χ1n) is 27.6. The van der Waals surface area contributed by atoms with Gasteiger partial charge in [0.25, 0.3) is 0 Å². The number of ether oxygens (including phenoxy) is 5. The molecule has 1 heterocycles. The van der Waals surface area contributed by atoms with Gasteiger partial charge in [0.15, 0.2) is 24.6 Å². The molecular weight excluding hydrogens is 901 g/mol. The summed E-state index contributed by atoms with van der Waals surface area (Å²) in [5.74, 6) is -3.24. The first kappa shape index (κ1) is 64.9. The van der Waals surface area contributed by atoms with Gasteiger partial charge in [0.1, 0.15) is 18.8 Å². The number of carboxylic acid groups (broad SMARTS) is 1. The highest BCUT2D eigenvalue weighted by atomic mass is 16.7. The molecule has 0 aromatic heterocycles. The van der Waals surface area contributed by atoms with Gasteiger partial charge in [-0.1, -0.05) is 202 Å². The lowest BCUT2D eigenvalue weighted by Gasteiger charge is -2.40. The monoisotopic (exact) mass is 997 g/mol. The van der Waals surface area contributed by atoms with Gasteiger partial charge in [0, 0.05) is 19.3 Å². The third-order valence-electron chi connectivity index (χ3n) is 12.0. The second-order valence-corrected chi connectivity index (χ2v) is 18.5. The number of aliphatic hydroxyl groups is 2. The number of unbranched alkanes of at least 4 members (excludes halogenated alkanes) is 17. The average Bonchev–Trinajstić information content (AvgIpc) is 3.35. The van der Waals surface area contributed by atoms with Crippen LogP contribution in [0.25, 0.3) is 0 Å². The molecular formula is C59H96O12. The zero-order chi connectivity index (χ0) is 51.8. The maximum absolute atomic E-state index is 13.1. The molecule has 1 rings (SSSR count). The van der Waals surface area contributed by atoms with Crippen LogP contribution in [0, 0.1) is 0 Å². The van der Waals surface area contributed by atoms with Crippen molar-refractivity contribution in [2.24, 2.45) is 0 Å². The van der Waals surface area contributed by atoms with E-state index in [2.05, 4.69) is 93.7 Å². The van der Waals surface area contributed by atoms with Gasteiger partial charge in [-0.25, -0.2) is 4.79 Å². The van der Waals surface area contributed by atoms with Gasteiger partial charge in [-0.15, -0.1) is 0 Å². The lowest BCUT2D eigenvalue weighted by atomic mass is 9.98. The molecule has 0 bridgehead atoms. The smallest absolute Gasteiger partial charge is 0.335 e. The van der Waals surface area contributed by atoms with Crippen molar-refractivity contribution >= 4 is 23.9 Å². The SMILES string of the molecule is CC/C=C\C/C=C\C/C=C\C/C=C\CCC(=O)OCC(COC1OC(C(=O)O)C(O)C(O)C1OC(=O)CCCCCCCCC/C=C\C/C=C\C/C=C\CC)OC(=O)CCCCCCCCCCCCC. The molecule has 6 atom stereocenters. The molecule has 1 aliphatic heterocycles. The minimum atomic E-state index is -1.92. The quantitative estimate of drug-likeness (QED) is 0.0228. The number of aliphatic hydroxyl groups excluding tert-OH is 2. The van der Waals surface area contributed by atoms with E-state index < -0.39 is 67.3 Å². The van der Waals surface area contributed by atoms with Crippen LogP contribution in [0.15, 0.2) is 85.1 Å². The van der Waals surface area contributed by atoms with E-state index in [1.807, 2.05) is 12.2 Å². The maximum atomic E-state index is 13.1. The van der Waals surface area contributed by atoms with Gasteiger partial charge in [-0.3, -0.25) is 14.4 Å². The lowest BCUT2D eigenvalue weighted by molar-refractivity contribution is -0.301. The summed E-state index contributed by atoms with van der Waals surface area (Å²) in [6.45, 7) is 5.67. The van der Waals surface area contributed by atoms with Gasteiger partial charge >= 0.3 is 23.9 Å². The zero-order valence-corrected chi connectivity index (χ0v) is 44.2. The van der Waals surface area contributed by atoms with Crippen LogP contribution in [0.3, 0.4) is 0 Å². The maximum Gasteiger partial charge on any atom is 0.335 e. The van der Waals surface area contributed by atoms with Crippen LogP contribution in [0.4, 0.5) is 0 Å². The second-order valence-electron chi connectivity index (χ2n) is 18.5. The first-order chi connectivity index (χ1) is 34.6. The molecule has 0 spiro atoms. The molecule has 404 valence electrons. The summed E-state index contributed by atoms with van der Waals surface area (Å²) in [4.78, 5) is 50.9. The molecule has 0 aliphatic carbocycles. The van der Waals surface area contributed by atoms with Crippen molar-refractivity contribution < 1.29 is 58.2 Å². The van der Waals surface area contributed by atoms with Gasteiger partial charge in [-0.05, 0) is 77.0 Å². The molecule has 12 nitrogen and oxygen atoms in total. The van der Waals surface area contributed by atoms with E-state index in [1.54, 1.807) is 0 Å². The summed E-state index contributed by atoms with van der Waals surface area (Å²) < 4.78 is 28.2. The van der Waals surface area contributed by atoms with Crippen LogP contribution < -0.4 is 0 Å². The minimum Gasteiger partial charge on any atom is -0.479 e. The topological polar surface area (TPSA) is 175 Å². The predicted octanol–water partition coefficient (Wildman–Crippen LogP) is 13.6. The average molecular weight is 997 g/mol. The third kappa shape index (κ3) is 37.3. The highest BCUT2D eigenvalue weighted by Crippen LogP contribution is 2.26. The van der Waals surface area contributed by atoms with Crippen LogP contribution in [0.5, 0.6) is 0 Å². The van der Waals surface area contributed by atoms with Crippen LogP contribution in [0.2, 0.25) is 0 Å². The molecule has 1 saturated heterocycles. The number of allylic oxidation sites excluding steroid dienone is 14. The van der Waals surface area contributed by atoms with Crippen molar-refractivity contribution in [2.75, 3.05) is 13.2 Å². The number of aliphatic carboxylic acids is 1. The standard InChI is InChI=1S/C59H96O12/c1-4-7-10-13-16-19-22-24-25-26-27-29-32-35-38-41-44-47-53(62)70-57-55(64)54(63)56(58(65)66)71-59(57)68-49-50(69-52(61)46-43-40-37-34-30-21-18-15-12-9-6-3)48-67-51(60)45-42-39-36-33-31-28-23-20-17-14-11-8-5-2/h7-8,10-11,16-17,19-20,24-25,28,31,36,39,50,54-57,59,63-64H,4-6,9,12-15,18,21-23,26-27,29-30,32-35,37-38,40-49H2,1-3H3,(H,65,66)/b10-7-,11-8-,19-16-,20-17-,25-24-,31-28-,39-36-. The van der Waals surface area contributed by atoms with E-state index in [0.717, 1.165) is 109 Å². The summed E-state index contributed by atoms with van der Waals surface area (Å²) in [5, 5.41) is 31.4. The van der Waals surface area contributed by atoms with Crippen LogP contribution in [-0.4, -0.2) is 89.2 Å². The molecule has 71 heavy (non-hydrogen) atoms. The molecule has 6 unspecified atom stereocenters. The van der Waals surface area contributed by atoms with E-state index in [9.17, 15) is 34.5 Å². The summed E-state index contributed by atoms with van der Waals surface area (Å²) in [6, 6.07) is 0. The number of rotatable bonds is 45. The van der Waals surface area contributed by atoms with E-state index in [0.29, 0.717) is 19.3 Å². The number of esters is 3. The highest BCUT2D eigenvalue weighted by molar-refractivity contribution is 5.74. The molecule has 1 fully saturated rings. The fourth-order valence-corrected chi connectivity index (χ4v) is 7.81. The zero-order valence-electron chi connectivity index (χ0n) is 44.2. The number of hydrogen-bond acceptors (Lipinski definition) is 11. The van der Waals surface area contributed by atoms with E-state index in [-0.39, 0.29) is 25.9 Å². The van der Waals surface area contributed by atoms with E-state index in [1.165, 1.54) is 44.9 Å². The van der Waals surface area contributed by atoms with Gasteiger partial charge < -0.3 is 39.0 Å². The Bertz CT molecular complexity index is 1560. The lowest BCUT2D eigenvalue weighted by Crippen LogP contribution is -2.61. The van der Waals surface area contributed by atoms with Crippen molar-refractivity contribution in [2.45, 2.75) is 250 Å². The Hall–Kier alpha value is -4.10. The molecule has 0 aromatic rings. The van der Waals surface area contributed by atoms with Crippen LogP contribution in [0.1, 0.15) is 213 Å². The van der Waals surface area contributed by atoms with Gasteiger partial charge in [0.05, 0.1) is 6.61 Å². The fraction of sp³-hybridized carbons (Fsp3) is 0.695. The van der Waals surface area contributed by atoms with Crippen molar-refractivity contribution in [3.63, 3.8) is 0 Å². The fourth-order valence-electron chi connectivity index (χ4n) is 7.81. The number of carbonyl (C=O) groups is 4. The molecule has 0 radical (unpaired) electrons. The van der Waals surface area contributed by atoms with Crippen LogP contribution in [-0.2, 0) is 42.9 Å². The van der Waals surface area contributed by atoms with Crippen molar-refractivity contribution in [1.29, 1.82) is 0 Å². The Balaban J connectivity index is 2.74. The van der Waals surface area contributed by atoms with Crippen molar-refractivity contribution in [1.82, 2.24) is 0 Å². The molecule has 0 amide bonds. The number of carbonyl (C=O) groups excluding carboxylic acids is 3. The molecule has 0 aromatic carbocycles. The molecule has 3 N–H and O–H groups in total. The largest absolute Gasteiger partial charge is 0.479 e. The third-order valence-corrected chi connectivity index (χ3v) is 12.0. The van der Waals surface area contributed by atoms with Gasteiger partial charge in [-0.2, -0.15) is 0 Å². The number of carboxylic acids is 1. The minimum absolute atomic E-state index is 0.0404.